The standard InChI is InChI=1S/C28H32N6O2/c1-2-3-23(6-9-29)34-18-22(16-33-34)21-13-25-26(17-32-28(25)31-15-21)19-4-5-27(20(12-19)14-30)36-24-7-10-35-11-8-24/h4-5,12-13,15-18,23-24H,2-3,6-11,29H2,1H3,(H,31,32). The third-order valence-electron chi connectivity index (χ3n) is 6.83. The molecule has 1 unspecified atom stereocenters. The van der Waals surface area contributed by atoms with Crippen molar-refractivity contribution >= 4 is 11.0 Å². The summed E-state index contributed by atoms with van der Waals surface area (Å²) in [4.78, 5) is 7.92. The van der Waals surface area contributed by atoms with Gasteiger partial charge in [0.25, 0.3) is 0 Å². The summed E-state index contributed by atoms with van der Waals surface area (Å²) in [7, 11) is 0. The molecule has 0 radical (unpaired) electrons. The van der Waals surface area contributed by atoms with E-state index in [2.05, 4.69) is 40.3 Å². The molecule has 4 aromatic rings. The molecule has 1 aromatic carbocycles. The molecule has 8 nitrogen and oxygen atoms in total. The molecule has 3 aromatic heterocycles. The van der Waals surface area contributed by atoms with Gasteiger partial charge in [0, 0.05) is 53.5 Å². The SMILES string of the molecule is CCCC(CCN)n1cc(-c2cnc3[nH]cc(-c4ccc(OC5CCOCC5)c(C#N)c4)c3c2)cn1. The van der Waals surface area contributed by atoms with E-state index in [0.717, 1.165) is 65.4 Å². The van der Waals surface area contributed by atoms with E-state index in [4.69, 9.17) is 15.2 Å². The van der Waals surface area contributed by atoms with Gasteiger partial charge in [0.2, 0.25) is 0 Å². The fourth-order valence-electron chi connectivity index (χ4n) is 4.88. The maximum absolute atomic E-state index is 9.81. The molecule has 3 N–H and O–H groups in total. The number of H-pyrrole nitrogens is 1. The molecule has 0 amide bonds. The number of ether oxygens (including phenoxy) is 2. The molecule has 1 atom stereocenters. The van der Waals surface area contributed by atoms with E-state index in [1.807, 2.05) is 41.5 Å². The first-order chi connectivity index (χ1) is 17.7. The quantitative estimate of drug-likeness (QED) is 0.337. The number of benzene rings is 1. The van der Waals surface area contributed by atoms with Gasteiger partial charge in [0.15, 0.2) is 0 Å². The van der Waals surface area contributed by atoms with E-state index in [1.165, 1.54) is 0 Å². The van der Waals surface area contributed by atoms with Gasteiger partial charge < -0.3 is 20.2 Å². The van der Waals surface area contributed by atoms with Gasteiger partial charge in [0.1, 0.15) is 23.6 Å². The topological polar surface area (TPSA) is 115 Å². The van der Waals surface area contributed by atoms with Gasteiger partial charge in [-0.3, -0.25) is 4.68 Å². The molecule has 36 heavy (non-hydrogen) atoms. The Balaban J connectivity index is 1.44. The first-order valence-corrected chi connectivity index (χ1v) is 12.7. The van der Waals surface area contributed by atoms with Crippen molar-refractivity contribution in [2.24, 2.45) is 5.73 Å². The van der Waals surface area contributed by atoms with Crippen molar-refractivity contribution in [1.29, 1.82) is 5.26 Å². The van der Waals surface area contributed by atoms with Gasteiger partial charge >= 0.3 is 0 Å². The Morgan fingerprint density at radius 2 is 2.06 bits per heavy atom. The summed E-state index contributed by atoms with van der Waals surface area (Å²) in [5.41, 5.74) is 11.1. The fourth-order valence-corrected chi connectivity index (χ4v) is 4.88. The van der Waals surface area contributed by atoms with Crippen LogP contribution in [0.1, 0.15) is 50.6 Å². The predicted molar refractivity (Wildman–Crippen MR) is 140 cm³/mol. The van der Waals surface area contributed by atoms with Crippen molar-refractivity contribution in [3.05, 3.63) is 54.6 Å². The number of nitrogens with zero attached hydrogens (tertiary/aromatic N) is 4. The number of nitrogens with two attached hydrogens (primary N) is 1. The highest BCUT2D eigenvalue weighted by molar-refractivity contribution is 5.96. The Labute approximate surface area is 211 Å². The van der Waals surface area contributed by atoms with Crippen LogP contribution in [0.4, 0.5) is 0 Å². The van der Waals surface area contributed by atoms with Crippen LogP contribution in [0.15, 0.2) is 49.1 Å². The number of hydrogen-bond acceptors (Lipinski definition) is 6. The molecule has 4 heterocycles. The van der Waals surface area contributed by atoms with Crippen LogP contribution in [-0.4, -0.2) is 45.6 Å². The van der Waals surface area contributed by atoms with E-state index in [-0.39, 0.29) is 6.10 Å². The number of pyridine rings is 1. The van der Waals surface area contributed by atoms with Crippen molar-refractivity contribution < 1.29 is 9.47 Å². The highest BCUT2D eigenvalue weighted by atomic mass is 16.5. The second kappa shape index (κ2) is 10.9. The Morgan fingerprint density at radius 3 is 2.83 bits per heavy atom. The van der Waals surface area contributed by atoms with Crippen molar-refractivity contribution in [1.82, 2.24) is 19.7 Å². The summed E-state index contributed by atoms with van der Waals surface area (Å²) in [5.74, 6) is 0.623. The minimum absolute atomic E-state index is 0.0826. The number of rotatable bonds is 9. The Morgan fingerprint density at radius 1 is 1.19 bits per heavy atom. The molecule has 1 saturated heterocycles. The third kappa shape index (κ3) is 4.99. The van der Waals surface area contributed by atoms with Gasteiger partial charge in [-0.25, -0.2) is 4.98 Å². The number of fused-ring (bicyclic) bond motifs is 1. The van der Waals surface area contributed by atoms with E-state index in [9.17, 15) is 5.26 Å². The minimum atomic E-state index is 0.0826. The van der Waals surface area contributed by atoms with Gasteiger partial charge in [-0.05, 0) is 43.1 Å². The van der Waals surface area contributed by atoms with Crippen LogP contribution < -0.4 is 10.5 Å². The molecule has 8 heteroatoms. The molecule has 186 valence electrons. The molecule has 0 spiro atoms. The lowest BCUT2D eigenvalue weighted by Crippen LogP contribution is -2.26. The lowest BCUT2D eigenvalue weighted by Gasteiger charge is -2.23. The number of nitriles is 1. The molecule has 1 aliphatic rings. The molecule has 1 aliphatic heterocycles. The zero-order chi connectivity index (χ0) is 24.9. The van der Waals surface area contributed by atoms with Crippen LogP contribution in [0.5, 0.6) is 5.75 Å². The zero-order valence-electron chi connectivity index (χ0n) is 20.6. The maximum Gasteiger partial charge on any atom is 0.137 e. The first kappa shape index (κ1) is 24.0. The molecular formula is C28H32N6O2. The largest absolute Gasteiger partial charge is 0.489 e. The Hall–Kier alpha value is -3.67. The summed E-state index contributed by atoms with van der Waals surface area (Å²) in [6.45, 7) is 4.21. The van der Waals surface area contributed by atoms with Gasteiger partial charge in [0.05, 0.1) is 31.0 Å². The summed E-state index contributed by atoms with van der Waals surface area (Å²) < 4.78 is 13.6. The van der Waals surface area contributed by atoms with E-state index < -0.39 is 0 Å². The van der Waals surface area contributed by atoms with E-state index in [1.54, 1.807) is 0 Å². The number of aromatic nitrogens is 4. The Kier molecular flexibility index (Phi) is 7.31. The van der Waals surface area contributed by atoms with Crippen molar-refractivity contribution in [3.8, 4) is 34.1 Å². The third-order valence-corrected chi connectivity index (χ3v) is 6.83. The summed E-state index contributed by atoms with van der Waals surface area (Å²) in [6.07, 6.45) is 12.6. The molecule has 1 fully saturated rings. The van der Waals surface area contributed by atoms with E-state index in [0.29, 0.717) is 37.1 Å². The maximum atomic E-state index is 9.81. The molecular weight excluding hydrogens is 452 g/mol. The van der Waals surface area contributed by atoms with Crippen LogP contribution in [0.2, 0.25) is 0 Å². The first-order valence-electron chi connectivity index (χ1n) is 12.7. The molecule has 0 bridgehead atoms. The lowest BCUT2D eigenvalue weighted by atomic mass is 10.0. The summed E-state index contributed by atoms with van der Waals surface area (Å²) >= 11 is 0. The van der Waals surface area contributed by atoms with Crippen molar-refractivity contribution in [2.45, 2.75) is 51.2 Å². The molecule has 0 aliphatic carbocycles. The second-order valence-corrected chi connectivity index (χ2v) is 9.30. The molecule has 5 rings (SSSR count). The monoisotopic (exact) mass is 484 g/mol. The smallest absolute Gasteiger partial charge is 0.137 e. The number of aromatic amines is 1. The van der Waals surface area contributed by atoms with Crippen LogP contribution in [0.25, 0.3) is 33.3 Å². The van der Waals surface area contributed by atoms with Crippen molar-refractivity contribution in [3.63, 3.8) is 0 Å². The fraction of sp³-hybridized carbons (Fsp3) is 0.393. The number of nitrogens with one attached hydrogen (secondary N) is 1. The number of hydrogen-bond donors (Lipinski definition) is 2. The average molecular weight is 485 g/mol. The minimum Gasteiger partial charge on any atom is -0.489 e. The lowest BCUT2D eigenvalue weighted by molar-refractivity contribution is 0.0254. The van der Waals surface area contributed by atoms with Crippen LogP contribution >= 0.6 is 0 Å². The van der Waals surface area contributed by atoms with Crippen LogP contribution in [0.3, 0.4) is 0 Å². The predicted octanol–water partition coefficient (Wildman–Crippen LogP) is 5.21. The summed E-state index contributed by atoms with van der Waals surface area (Å²) in [6, 6.07) is 10.5. The van der Waals surface area contributed by atoms with Crippen LogP contribution in [-0.2, 0) is 4.74 Å². The second-order valence-electron chi connectivity index (χ2n) is 9.30. The van der Waals surface area contributed by atoms with Gasteiger partial charge in [-0.15, -0.1) is 0 Å². The van der Waals surface area contributed by atoms with Crippen molar-refractivity contribution in [2.75, 3.05) is 19.8 Å². The Bertz CT molecular complexity index is 1360. The van der Waals surface area contributed by atoms with Crippen LogP contribution in [0, 0.1) is 11.3 Å². The normalized spacial score (nSPS) is 15.1. The summed E-state index contributed by atoms with van der Waals surface area (Å²) in [5, 5.41) is 15.4. The van der Waals surface area contributed by atoms with E-state index >= 15 is 0 Å². The average Bonchev–Trinajstić information content (AvgIpc) is 3.57. The highest BCUT2D eigenvalue weighted by Gasteiger charge is 2.18. The van der Waals surface area contributed by atoms with Gasteiger partial charge in [-0.2, -0.15) is 10.4 Å². The van der Waals surface area contributed by atoms with Gasteiger partial charge in [-0.1, -0.05) is 19.4 Å². The molecule has 0 saturated carbocycles. The zero-order valence-corrected chi connectivity index (χ0v) is 20.6. The highest BCUT2D eigenvalue weighted by Crippen LogP contribution is 2.34.